The Morgan fingerprint density at radius 2 is 2.00 bits per heavy atom. The summed E-state index contributed by atoms with van der Waals surface area (Å²) in [4.78, 5) is 0. The van der Waals surface area contributed by atoms with Crippen molar-refractivity contribution in [2.75, 3.05) is 6.61 Å². The molecule has 0 spiro atoms. The lowest BCUT2D eigenvalue weighted by Gasteiger charge is -1.93. The van der Waals surface area contributed by atoms with Crippen LogP contribution in [0.1, 0.15) is 17.5 Å². The Hall–Kier alpha value is -1.48. The number of benzene rings is 1. The minimum absolute atomic E-state index is 0.0404. The van der Waals surface area contributed by atoms with Crippen molar-refractivity contribution in [2.45, 2.75) is 6.42 Å². The summed E-state index contributed by atoms with van der Waals surface area (Å²) in [6.45, 7) is 0.0404. The summed E-state index contributed by atoms with van der Waals surface area (Å²) in [6.07, 6.45) is 0.425. The molecule has 0 saturated carbocycles. The van der Waals surface area contributed by atoms with Gasteiger partial charge in [0.15, 0.2) is 0 Å². The molecule has 14 heavy (non-hydrogen) atoms. The highest BCUT2D eigenvalue weighted by Crippen LogP contribution is 2.13. The number of aliphatic hydroxyl groups is 1. The van der Waals surface area contributed by atoms with E-state index in [1.165, 1.54) is 0 Å². The Balaban J connectivity index is 2.95. The molecule has 70 valence electrons. The van der Waals surface area contributed by atoms with Crippen LogP contribution in [0.2, 0.25) is 5.02 Å². The Morgan fingerprint density at radius 3 is 2.64 bits per heavy atom. The first kappa shape index (κ1) is 10.6. The number of hydrogen-bond acceptors (Lipinski definition) is 2. The second-order valence-corrected chi connectivity index (χ2v) is 3.05. The molecule has 3 heteroatoms. The molecule has 0 bridgehead atoms. The predicted molar refractivity (Wildman–Crippen MR) is 54.7 cm³/mol. The average Bonchev–Trinajstić information content (AvgIpc) is 2.17. The molecule has 0 fully saturated rings. The molecule has 1 rings (SSSR count). The molecule has 0 aliphatic heterocycles. The van der Waals surface area contributed by atoms with Gasteiger partial charge in [0, 0.05) is 17.0 Å². The zero-order valence-corrected chi connectivity index (χ0v) is 8.17. The summed E-state index contributed by atoms with van der Waals surface area (Å²) >= 11 is 5.77. The molecule has 1 aromatic carbocycles. The van der Waals surface area contributed by atoms with E-state index in [1.807, 2.05) is 6.07 Å². The van der Waals surface area contributed by atoms with Crippen molar-refractivity contribution >= 4 is 11.6 Å². The van der Waals surface area contributed by atoms with Crippen molar-refractivity contribution in [1.82, 2.24) is 0 Å². The quantitative estimate of drug-likeness (QED) is 0.713. The average molecular weight is 206 g/mol. The summed E-state index contributed by atoms with van der Waals surface area (Å²) in [5.74, 6) is 5.58. The maximum Gasteiger partial charge on any atom is 0.0992 e. The van der Waals surface area contributed by atoms with Gasteiger partial charge in [0.25, 0.3) is 0 Å². The molecular formula is C11H8ClNO. The fourth-order valence-corrected chi connectivity index (χ4v) is 1.18. The van der Waals surface area contributed by atoms with Crippen LogP contribution >= 0.6 is 11.6 Å². The molecule has 0 saturated heterocycles. The number of aliphatic hydroxyl groups excluding tert-OH is 1. The van der Waals surface area contributed by atoms with E-state index in [0.717, 1.165) is 0 Å². The molecule has 2 nitrogen and oxygen atoms in total. The molecule has 0 aliphatic carbocycles. The van der Waals surface area contributed by atoms with Crippen molar-refractivity contribution in [2.24, 2.45) is 0 Å². The first-order valence-electron chi connectivity index (χ1n) is 4.06. The van der Waals surface area contributed by atoms with Crippen LogP contribution in [0.5, 0.6) is 0 Å². The number of halogens is 1. The summed E-state index contributed by atoms with van der Waals surface area (Å²) < 4.78 is 0. The SMILES string of the molecule is N#Cc1cc(Cl)cc(C#CCCO)c1. The normalized spacial score (nSPS) is 8.64. The molecule has 0 heterocycles. The van der Waals surface area contributed by atoms with Crippen molar-refractivity contribution in [3.63, 3.8) is 0 Å². The smallest absolute Gasteiger partial charge is 0.0992 e. The van der Waals surface area contributed by atoms with E-state index in [1.54, 1.807) is 18.2 Å². The number of hydrogen-bond donors (Lipinski definition) is 1. The molecule has 0 atom stereocenters. The highest BCUT2D eigenvalue weighted by atomic mass is 35.5. The van der Waals surface area contributed by atoms with Crippen LogP contribution in [0.25, 0.3) is 0 Å². The third kappa shape index (κ3) is 3.11. The highest BCUT2D eigenvalue weighted by molar-refractivity contribution is 6.30. The lowest BCUT2D eigenvalue weighted by atomic mass is 10.1. The fourth-order valence-electron chi connectivity index (χ4n) is 0.947. The first-order valence-corrected chi connectivity index (χ1v) is 4.44. The van der Waals surface area contributed by atoms with Crippen molar-refractivity contribution in [1.29, 1.82) is 5.26 Å². The molecule has 0 aliphatic rings. The van der Waals surface area contributed by atoms with Crippen molar-refractivity contribution < 1.29 is 5.11 Å². The van der Waals surface area contributed by atoms with Gasteiger partial charge in [0.1, 0.15) is 0 Å². The van der Waals surface area contributed by atoms with Crippen LogP contribution in [-0.4, -0.2) is 11.7 Å². The number of rotatable bonds is 1. The van der Waals surface area contributed by atoms with Crippen LogP contribution in [-0.2, 0) is 0 Å². The molecule has 0 aromatic heterocycles. The molecule has 1 aromatic rings. The van der Waals surface area contributed by atoms with Gasteiger partial charge in [-0.2, -0.15) is 5.26 Å². The minimum Gasteiger partial charge on any atom is -0.395 e. The topological polar surface area (TPSA) is 44.0 Å². The second-order valence-electron chi connectivity index (χ2n) is 2.62. The summed E-state index contributed by atoms with van der Waals surface area (Å²) in [5.41, 5.74) is 1.19. The lowest BCUT2D eigenvalue weighted by molar-refractivity contribution is 0.305. The molecular weight excluding hydrogens is 198 g/mol. The maximum atomic E-state index is 8.66. The zero-order valence-electron chi connectivity index (χ0n) is 7.42. The summed E-state index contributed by atoms with van der Waals surface area (Å²) in [7, 11) is 0. The van der Waals surface area contributed by atoms with Crippen LogP contribution in [0.3, 0.4) is 0 Å². The van der Waals surface area contributed by atoms with Gasteiger partial charge >= 0.3 is 0 Å². The van der Waals surface area contributed by atoms with Crippen LogP contribution in [0.15, 0.2) is 18.2 Å². The molecule has 0 unspecified atom stereocenters. The van der Waals surface area contributed by atoms with Crippen LogP contribution < -0.4 is 0 Å². The van der Waals surface area contributed by atoms with E-state index < -0.39 is 0 Å². The van der Waals surface area contributed by atoms with Gasteiger partial charge in [-0.25, -0.2) is 0 Å². The third-order valence-electron chi connectivity index (χ3n) is 1.50. The van der Waals surface area contributed by atoms with Gasteiger partial charge in [0.2, 0.25) is 0 Å². The van der Waals surface area contributed by atoms with E-state index in [0.29, 0.717) is 22.6 Å². The van der Waals surface area contributed by atoms with Crippen LogP contribution in [0.4, 0.5) is 0 Å². The van der Waals surface area contributed by atoms with Gasteiger partial charge in [-0.3, -0.25) is 0 Å². The molecule has 1 N–H and O–H groups in total. The monoisotopic (exact) mass is 205 g/mol. The van der Waals surface area contributed by atoms with Crippen LogP contribution in [0, 0.1) is 23.2 Å². The van der Waals surface area contributed by atoms with Gasteiger partial charge in [-0.05, 0) is 18.2 Å². The van der Waals surface area contributed by atoms with E-state index in [2.05, 4.69) is 11.8 Å². The second kappa shape index (κ2) is 5.29. The van der Waals surface area contributed by atoms with Gasteiger partial charge in [0.05, 0.1) is 18.2 Å². The predicted octanol–water partition coefficient (Wildman–Crippen LogP) is 1.95. The summed E-state index contributed by atoms with van der Waals surface area (Å²) in [6, 6.07) is 6.93. The number of nitrogens with zero attached hydrogens (tertiary/aromatic N) is 1. The van der Waals surface area contributed by atoms with E-state index in [-0.39, 0.29) is 6.61 Å². The molecule has 0 radical (unpaired) electrons. The van der Waals surface area contributed by atoms with Crippen molar-refractivity contribution in [3.8, 4) is 17.9 Å². The standard InChI is InChI=1S/C11H8ClNO/c12-11-6-9(3-1-2-4-14)5-10(7-11)8-13/h5-7,14H,2,4H2. The third-order valence-corrected chi connectivity index (χ3v) is 1.71. The summed E-state index contributed by atoms with van der Waals surface area (Å²) in [5, 5.41) is 17.7. The van der Waals surface area contributed by atoms with Gasteiger partial charge in [-0.1, -0.05) is 23.4 Å². The fraction of sp³-hybridized carbons (Fsp3) is 0.182. The molecule has 0 amide bonds. The Labute approximate surface area is 87.7 Å². The number of nitriles is 1. The Morgan fingerprint density at radius 1 is 1.29 bits per heavy atom. The van der Waals surface area contributed by atoms with Crippen molar-refractivity contribution in [3.05, 3.63) is 34.3 Å². The zero-order chi connectivity index (χ0) is 10.4. The maximum absolute atomic E-state index is 8.66. The Bertz CT molecular complexity index is 423. The van der Waals surface area contributed by atoms with Gasteiger partial charge < -0.3 is 5.11 Å². The minimum atomic E-state index is 0.0404. The Kier molecular flexibility index (Phi) is 4.01. The first-order chi connectivity index (χ1) is 6.76. The largest absolute Gasteiger partial charge is 0.395 e. The lowest BCUT2D eigenvalue weighted by Crippen LogP contribution is -1.81. The van der Waals surface area contributed by atoms with E-state index in [9.17, 15) is 0 Å². The van der Waals surface area contributed by atoms with E-state index in [4.69, 9.17) is 22.0 Å². The van der Waals surface area contributed by atoms with E-state index >= 15 is 0 Å². The van der Waals surface area contributed by atoms with Gasteiger partial charge in [-0.15, -0.1) is 0 Å². The highest BCUT2D eigenvalue weighted by Gasteiger charge is 1.95.